The average molecular weight is 602 g/mol. The number of sulfonamides is 1. The van der Waals surface area contributed by atoms with Crippen molar-refractivity contribution in [2.45, 2.75) is 24.9 Å². The molecule has 1 fully saturated rings. The first kappa shape index (κ1) is 29.2. The maximum Gasteiger partial charge on any atom is 0.410 e. The molecule has 5 rings (SSSR count). The van der Waals surface area contributed by atoms with Crippen LogP contribution >= 0.6 is 0 Å². The number of hydrogen-bond donors (Lipinski definition) is 2. The Hall–Kier alpha value is -4.30. The maximum absolute atomic E-state index is 14.4. The molecule has 14 heteroatoms. The predicted octanol–water partition coefficient (Wildman–Crippen LogP) is 4.48. The van der Waals surface area contributed by atoms with E-state index in [0.717, 1.165) is 21.3 Å². The number of nitrogens with one attached hydrogen (secondary N) is 2. The average Bonchev–Trinajstić information content (AvgIpc) is 2.93. The standard InChI is InChI=1S/C28H27F4N7O2S/c1-18-13-22(21-7-9-34-26(14-21)37-25-8-10-33-19(2)36-25)15-27(35-18)39-12-11-38(16-24(39)28(30,31)32)42(40,41)17-20-3-5-23(29)6-4-20/h3-10,13-15,24,35H,1,11-12,16-17H2,2H3,(H,33,34,36,37). The van der Waals surface area contributed by atoms with Gasteiger partial charge in [-0.3, -0.25) is 0 Å². The number of dihydropyridines is 1. The molecule has 1 aromatic carbocycles. The molecule has 0 radical (unpaired) electrons. The molecule has 9 nitrogen and oxygen atoms in total. The molecule has 1 unspecified atom stereocenters. The van der Waals surface area contributed by atoms with E-state index in [0.29, 0.717) is 34.3 Å². The minimum atomic E-state index is -4.74. The minimum Gasteiger partial charge on any atom is -0.344 e. The maximum atomic E-state index is 14.4. The molecule has 0 saturated carbocycles. The van der Waals surface area contributed by atoms with Crippen molar-refractivity contribution in [1.82, 2.24) is 29.5 Å². The van der Waals surface area contributed by atoms with E-state index in [2.05, 4.69) is 32.2 Å². The summed E-state index contributed by atoms with van der Waals surface area (Å²) in [4.78, 5) is 13.8. The smallest absolute Gasteiger partial charge is 0.344 e. The lowest BCUT2D eigenvalue weighted by Gasteiger charge is -2.44. The molecule has 0 bridgehead atoms. The SMILES string of the molecule is C=C1C=C(c2ccnc(Nc3ccnc(C)n3)c2)C=C(N2CCN(S(=O)(=O)Cc3ccc(F)cc3)CC2C(F)(F)F)N1. The molecule has 1 saturated heterocycles. The number of rotatable bonds is 7. The van der Waals surface area contributed by atoms with Gasteiger partial charge in [0.15, 0.2) is 0 Å². The summed E-state index contributed by atoms with van der Waals surface area (Å²) in [6.45, 7) is 4.49. The summed E-state index contributed by atoms with van der Waals surface area (Å²) in [7, 11) is -4.10. The van der Waals surface area contributed by atoms with Gasteiger partial charge in [0.25, 0.3) is 0 Å². The van der Waals surface area contributed by atoms with E-state index in [4.69, 9.17) is 0 Å². The number of halogens is 4. The number of anilines is 2. The first-order chi connectivity index (χ1) is 19.9. The molecule has 1 atom stereocenters. The van der Waals surface area contributed by atoms with E-state index in [1.165, 1.54) is 12.1 Å². The monoisotopic (exact) mass is 601 g/mol. The number of pyridine rings is 1. The van der Waals surface area contributed by atoms with Gasteiger partial charge in [0.2, 0.25) is 10.0 Å². The Morgan fingerprint density at radius 3 is 2.50 bits per heavy atom. The second-order valence-corrected chi connectivity index (χ2v) is 11.8. The molecular weight excluding hydrogens is 574 g/mol. The molecule has 4 heterocycles. The normalized spacial score (nSPS) is 18.3. The number of alkyl halides is 3. The summed E-state index contributed by atoms with van der Waals surface area (Å²) in [5.41, 5.74) is 1.91. The van der Waals surface area contributed by atoms with Gasteiger partial charge in [-0.15, -0.1) is 0 Å². The Bertz CT molecular complexity index is 1660. The summed E-state index contributed by atoms with van der Waals surface area (Å²) in [5.74, 6) is 0.656. The number of allylic oxidation sites excluding steroid dienone is 3. The third kappa shape index (κ3) is 6.77. The van der Waals surface area contributed by atoms with Crippen molar-refractivity contribution in [3.63, 3.8) is 0 Å². The number of aryl methyl sites for hydroxylation is 1. The highest BCUT2D eigenvalue weighted by molar-refractivity contribution is 7.88. The minimum absolute atomic E-state index is 0.146. The highest BCUT2D eigenvalue weighted by Crippen LogP contribution is 2.34. The van der Waals surface area contributed by atoms with Gasteiger partial charge >= 0.3 is 6.18 Å². The zero-order chi connectivity index (χ0) is 30.1. The van der Waals surface area contributed by atoms with Gasteiger partial charge in [0, 0.05) is 37.7 Å². The van der Waals surface area contributed by atoms with E-state index in [1.54, 1.807) is 49.7 Å². The van der Waals surface area contributed by atoms with E-state index >= 15 is 0 Å². The zero-order valence-corrected chi connectivity index (χ0v) is 23.3. The molecule has 3 aromatic rings. The number of nitrogens with zero attached hydrogens (tertiary/aromatic N) is 5. The van der Waals surface area contributed by atoms with Gasteiger partial charge in [-0.25, -0.2) is 27.8 Å². The molecule has 2 N–H and O–H groups in total. The van der Waals surface area contributed by atoms with Crippen LogP contribution in [0.2, 0.25) is 0 Å². The van der Waals surface area contributed by atoms with E-state index in [1.807, 2.05) is 0 Å². The Balaban J connectivity index is 1.38. The second kappa shape index (κ2) is 11.5. The molecule has 2 aliphatic rings. The van der Waals surface area contributed by atoms with Crippen molar-refractivity contribution in [3.05, 3.63) is 108 Å². The van der Waals surface area contributed by atoms with Gasteiger partial charge < -0.3 is 15.5 Å². The van der Waals surface area contributed by atoms with Crippen LogP contribution in [0.15, 0.2) is 85.1 Å². The van der Waals surface area contributed by atoms with Crippen molar-refractivity contribution in [2.75, 3.05) is 25.0 Å². The second-order valence-electron chi connectivity index (χ2n) is 9.81. The lowest BCUT2D eigenvalue weighted by Crippen LogP contribution is -2.60. The van der Waals surface area contributed by atoms with Crippen LogP contribution in [0.1, 0.15) is 17.0 Å². The van der Waals surface area contributed by atoms with Crippen LogP contribution in [0.5, 0.6) is 0 Å². The first-order valence-corrected chi connectivity index (χ1v) is 14.5. The van der Waals surface area contributed by atoms with E-state index in [9.17, 15) is 26.0 Å². The van der Waals surface area contributed by atoms with Crippen LogP contribution in [-0.4, -0.2) is 64.4 Å². The molecule has 42 heavy (non-hydrogen) atoms. The van der Waals surface area contributed by atoms with Crippen molar-refractivity contribution in [3.8, 4) is 0 Å². The van der Waals surface area contributed by atoms with Gasteiger partial charge in [-0.05, 0) is 66.1 Å². The fourth-order valence-corrected chi connectivity index (χ4v) is 6.26. The highest BCUT2D eigenvalue weighted by Gasteiger charge is 2.49. The number of benzene rings is 1. The molecule has 0 amide bonds. The summed E-state index contributed by atoms with van der Waals surface area (Å²) in [5, 5.41) is 6.00. The van der Waals surface area contributed by atoms with Crippen molar-refractivity contribution >= 4 is 27.2 Å². The quantitative estimate of drug-likeness (QED) is 0.382. The number of piperazine rings is 1. The number of aromatic nitrogens is 3. The van der Waals surface area contributed by atoms with Crippen LogP contribution < -0.4 is 10.6 Å². The van der Waals surface area contributed by atoms with Crippen molar-refractivity contribution < 1.29 is 26.0 Å². The van der Waals surface area contributed by atoms with Crippen LogP contribution in [0, 0.1) is 12.7 Å². The Morgan fingerprint density at radius 2 is 1.79 bits per heavy atom. The van der Waals surface area contributed by atoms with Crippen molar-refractivity contribution in [1.29, 1.82) is 0 Å². The first-order valence-electron chi connectivity index (χ1n) is 12.9. The highest BCUT2D eigenvalue weighted by atomic mass is 32.2. The fraction of sp³-hybridized carbons (Fsp3) is 0.250. The topological polar surface area (TPSA) is 103 Å². The summed E-state index contributed by atoms with van der Waals surface area (Å²) < 4.78 is 83.2. The third-order valence-corrected chi connectivity index (χ3v) is 8.54. The van der Waals surface area contributed by atoms with Gasteiger partial charge in [0.05, 0.1) is 5.75 Å². The molecule has 220 valence electrons. The van der Waals surface area contributed by atoms with Crippen LogP contribution in [0.25, 0.3) is 5.57 Å². The number of hydrogen-bond acceptors (Lipinski definition) is 8. The Kier molecular flexibility index (Phi) is 8.01. The predicted molar refractivity (Wildman–Crippen MR) is 150 cm³/mol. The van der Waals surface area contributed by atoms with Crippen molar-refractivity contribution in [2.24, 2.45) is 0 Å². The summed E-state index contributed by atoms with van der Waals surface area (Å²) in [6, 6.07) is 7.84. The largest absolute Gasteiger partial charge is 0.410 e. The van der Waals surface area contributed by atoms with E-state index < -0.39 is 40.4 Å². The van der Waals surface area contributed by atoms with Gasteiger partial charge in [0.1, 0.15) is 35.1 Å². The molecular formula is C28H27F4N7O2S. The zero-order valence-electron chi connectivity index (χ0n) is 22.4. The molecule has 2 aromatic heterocycles. The van der Waals surface area contributed by atoms with Crippen LogP contribution in [0.4, 0.5) is 29.2 Å². The van der Waals surface area contributed by atoms with Crippen LogP contribution in [-0.2, 0) is 15.8 Å². The Morgan fingerprint density at radius 1 is 1.05 bits per heavy atom. The summed E-state index contributed by atoms with van der Waals surface area (Å²) in [6.07, 6.45) is 1.70. The molecule has 0 aliphatic carbocycles. The fourth-order valence-electron chi connectivity index (χ4n) is 4.73. The van der Waals surface area contributed by atoms with Crippen LogP contribution in [0.3, 0.4) is 0 Å². The van der Waals surface area contributed by atoms with Gasteiger partial charge in [-0.1, -0.05) is 18.7 Å². The van der Waals surface area contributed by atoms with E-state index in [-0.39, 0.29) is 24.5 Å². The lowest BCUT2D eigenvalue weighted by molar-refractivity contribution is -0.187. The third-order valence-electron chi connectivity index (χ3n) is 6.72. The van der Waals surface area contributed by atoms with Gasteiger partial charge in [-0.2, -0.15) is 17.5 Å². The molecule has 0 spiro atoms. The Labute approximate surface area is 240 Å². The lowest BCUT2D eigenvalue weighted by atomic mass is 10.0. The molecule has 2 aliphatic heterocycles. The summed E-state index contributed by atoms with van der Waals surface area (Å²) >= 11 is 0.